The van der Waals surface area contributed by atoms with Gasteiger partial charge in [0.05, 0.1) is 12.8 Å². The van der Waals surface area contributed by atoms with Crippen molar-refractivity contribution in [2.24, 2.45) is 0 Å². The van der Waals surface area contributed by atoms with Gasteiger partial charge in [0.2, 0.25) is 0 Å². The van der Waals surface area contributed by atoms with E-state index in [-0.39, 0.29) is 11.3 Å². The Morgan fingerprint density at radius 3 is 2.44 bits per heavy atom. The number of benzene rings is 2. The number of nitrogens with zero attached hydrogens (tertiary/aromatic N) is 1. The van der Waals surface area contributed by atoms with Gasteiger partial charge in [-0.25, -0.2) is 9.69 Å². The second-order valence-corrected chi connectivity index (χ2v) is 5.25. The summed E-state index contributed by atoms with van der Waals surface area (Å²) in [6.45, 7) is 0. The molecule has 1 aliphatic heterocycles. The van der Waals surface area contributed by atoms with E-state index < -0.39 is 17.8 Å². The number of nitrogens with one attached hydrogen (secondary N) is 1. The third-order valence-corrected chi connectivity index (χ3v) is 3.61. The molecule has 0 saturated carbocycles. The minimum atomic E-state index is -0.826. The number of hydrogen-bond acceptors (Lipinski definition) is 5. The topological polar surface area (TPSA) is 95.9 Å². The molecule has 4 amide bonds. The lowest BCUT2D eigenvalue weighted by Crippen LogP contribution is -2.54. The van der Waals surface area contributed by atoms with E-state index in [2.05, 4.69) is 5.32 Å². The number of imide groups is 2. The number of amides is 4. The number of carbonyl (C=O) groups is 3. The van der Waals surface area contributed by atoms with Gasteiger partial charge in [0.1, 0.15) is 17.1 Å². The van der Waals surface area contributed by atoms with Crippen molar-refractivity contribution in [3.05, 3.63) is 59.7 Å². The highest BCUT2D eigenvalue weighted by Gasteiger charge is 2.36. The van der Waals surface area contributed by atoms with E-state index in [0.29, 0.717) is 17.0 Å². The second kappa shape index (κ2) is 6.48. The summed E-state index contributed by atoms with van der Waals surface area (Å²) in [6, 6.07) is 11.5. The Bertz CT molecular complexity index is 887. The van der Waals surface area contributed by atoms with Crippen LogP contribution in [0.3, 0.4) is 0 Å². The average molecular weight is 338 g/mol. The third kappa shape index (κ3) is 3.20. The van der Waals surface area contributed by atoms with Crippen molar-refractivity contribution in [1.82, 2.24) is 5.32 Å². The van der Waals surface area contributed by atoms with Crippen molar-refractivity contribution < 1.29 is 24.2 Å². The van der Waals surface area contributed by atoms with Crippen molar-refractivity contribution >= 4 is 29.6 Å². The summed E-state index contributed by atoms with van der Waals surface area (Å²) in [7, 11) is 1.50. The maximum Gasteiger partial charge on any atom is 0.335 e. The Morgan fingerprint density at radius 1 is 1.08 bits per heavy atom. The van der Waals surface area contributed by atoms with Gasteiger partial charge in [-0.1, -0.05) is 12.1 Å². The molecule has 7 nitrogen and oxygen atoms in total. The fourth-order valence-electron chi connectivity index (χ4n) is 2.40. The second-order valence-electron chi connectivity index (χ2n) is 5.25. The molecule has 1 fully saturated rings. The van der Waals surface area contributed by atoms with Gasteiger partial charge < -0.3 is 9.84 Å². The Hall–Kier alpha value is -3.61. The van der Waals surface area contributed by atoms with Gasteiger partial charge in [-0.05, 0) is 48.0 Å². The van der Waals surface area contributed by atoms with Crippen molar-refractivity contribution in [1.29, 1.82) is 0 Å². The van der Waals surface area contributed by atoms with Crippen LogP contribution < -0.4 is 15.0 Å². The molecule has 1 aliphatic rings. The van der Waals surface area contributed by atoms with E-state index >= 15 is 0 Å². The maximum absolute atomic E-state index is 12.7. The number of rotatable bonds is 3. The first-order valence-electron chi connectivity index (χ1n) is 7.34. The number of ether oxygens (including phenoxy) is 1. The van der Waals surface area contributed by atoms with Crippen molar-refractivity contribution in [3.63, 3.8) is 0 Å². The smallest absolute Gasteiger partial charge is 0.335 e. The number of barbiturate groups is 1. The standard InChI is InChI=1S/C18H14N2O5/c1-25-14-7-5-12(6-8-14)20-17(23)15(16(22)19-18(20)24)10-11-3-2-4-13(21)9-11/h2-10,21H,1H3,(H,19,22,24)/b15-10-. The lowest BCUT2D eigenvalue weighted by molar-refractivity contribution is -0.122. The molecule has 0 radical (unpaired) electrons. The molecule has 1 heterocycles. The first kappa shape index (κ1) is 16.3. The summed E-state index contributed by atoms with van der Waals surface area (Å²) in [4.78, 5) is 37.7. The van der Waals surface area contributed by atoms with Crippen molar-refractivity contribution in [2.75, 3.05) is 12.0 Å². The van der Waals surface area contributed by atoms with Crippen LogP contribution in [0.5, 0.6) is 11.5 Å². The number of methoxy groups -OCH3 is 1. The molecule has 0 bridgehead atoms. The van der Waals surface area contributed by atoms with Gasteiger partial charge in [-0.2, -0.15) is 0 Å². The van der Waals surface area contributed by atoms with E-state index in [1.54, 1.807) is 24.3 Å². The quantitative estimate of drug-likeness (QED) is 0.660. The number of carbonyl (C=O) groups excluding carboxylic acids is 3. The van der Waals surface area contributed by atoms with E-state index in [1.165, 1.54) is 37.5 Å². The number of urea groups is 1. The zero-order valence-corrected chi connectivity index (χ0v) is 13.2. The Balaban J connectivity index is 1.99. The molecular formula is C18H14N2O5. The molecule has 2 N–H and O–H groups in total. The SMILES string of the molecule is COc1ccc(N2C(=O)NC(=O)/C(=C/c3cccc(O)c3)C2=O)cc1. The fraction of sp³-hybridized carbons (Fsp3) is 0.0556. The summed E-state index contributed by atoms with van der Waals surface area (Å²) in [5.41, 5.74) is 0.557. The van der Waals surface area contributed by atoms with E-state index in [1.807, 2.05) is 0 Å². The van der Waals surface area contributed by atoms with Crippen LogP contribution in [0.4, 0.5) is 10.5 Å². The zero-order chi connectivity index (χ0) is 18.0. The lowest BCUT2D eigenvalue weighted by Gasteiger charge is -2.26. The van der Waals surface area contributed by atoms with E-state index in [9.17, 15) is 19.5 Å². The lowest BCUT2D eigenvalue weighted by atomic mass is 10.1. The van der Waals surface area contributed by atoms with Crippen LogP contribution in [0, 0.1) is 0 Å². The zero-order valence-electron chi connectivity index (χ0n) is 13.2. The van der Waals surface area contributed by atoms with Crippen LogP contribution in [0.2, 0.25) is 0 Å². The summed E-state index contributed by atoms with van der Waals surface area (Å²) in [5.74, 6) is -0.966. The Morgan fingerprint density at radius 2 is 1.80 bits per heavy atom. The molecule has 0 unspecified atom stereocenters. The monoisotopic (exact) mass is 338 g/mol. The Kier molecular flexibility index (Phi) is 4.21. The third-order valence-electron chi connectivity index (χ3n) is 3.61. The average Bonchev–Trinajstić information content (AvgIpc) is 2.59. The van der Waals surface area contributed by atoms with Gasteiger partial charge in [-0.3, -0.25) is 14.9 Å². The number of aromatic hydroxyl groups is 1. The van der Waals surface area contributed by atoms with Crippen molar-refractivity contribution in [3.8, 4) is 11.5 Å². The molecule has 0 aliphatic carbocycles. The first-order valence-corrected chi connectivity index (χ1v) is 7.34. The van der Waals surface area contributed by atoms with Gasteiger partial charge in [-0.15, -0.1) is 0 Å². The molecular weight excluding hydrogens is 324 g/mol. The molecule has 7 heteroatoms. The minimum Gasteiger partial charge on any atom is -0.508 e. The number of hydrogen-bond donors (Lipinski definition) is 2. The minimum absolute atomic E-state index is 0.00102. The highest BCUT2D eigenvalue weighted by Crippen LogP contribution is 2.24. The number of phenolic OH excluding ortho intramolecular Hbond substituents is 1. The normalized spacial score (nSPS) is 16.1. The predicted octanol–water partition coefficient (Wildman–Crippen LogP) is 2.07. The van der Waals surface area contributed by atoms with Gasteiger partial charge in [0.25, 0.3) is 11.8 Å². The fourth-order valence-corrected chi connectivity index (χ4v) is 2.40. The van der Waals surface area contributed by atoms with Crippen LogP contribution in [-0.2, 0) is 9.59 Å². The van der Waals surface area contributed by atoms with Crippen molar-refractivity contribution in [2.45, 2.75) is 0 Å². The first-order chi connectivity index (χ1) is 12.0. The van der Waals surface area contributed by atoms with Gasteiger partial charge in [0, 0.05) is 0 Å². The van der Waals surface area contributed by atoms with E-state index in [0.717, 1.165) is 4.90 Å². The summed E-state index contributed by atoms with van der Waals surface area (Å²) in [6.07, 6.45) is 1.32. The predicted molar refractivity (Wildman–Crippen MR) is 90.1 cm³/mol. The van der Waals surface area contributed by atoms with Crippen LogP contribution in [0.25, 0.3) is 6.08 Å². The summed E-state index contributed by atoms with van der Waals surface area (Å²) < 4.78 is 5.05. The molecule has 2 aromatic rings. The molecule has 0 spiro atoms. The summed E-state index contributed by atoms with van der Waals surface area (Å²) >= 11 is 0. The molecule has 2 aromatic carbocycles. The van der Waals surface area contributed by atoms with Gasteiger partial charge >= 0.3 is 6.03 Å². The van der Waals surface area contributed by atoms with Crippen LogP contribution in [0.15, 0.2) is 54.1 Å². The highest BCUT2D eigenvalue weighted by molar-refractivity contribution is 6.39. The largest absolute Gasteiger partial charge is 0.508 e. The van der Waals surface area contributed by atoms with E-state index in [4.69, 9.17) is 4.74 Å². The molecule has 1 saturated heterocycles. The molecule has 126 valence electrons. The molecule has 0 aromatic heterocycles. The molecule has 3 rings (SSSR count). The number of anilines is 1. The van der Waals surface area contributed by atoms with Gasteiger partial charge in [0.15, 0.2) is 0 Å². The highest BCUT2D eigenvalue weighted by atomic mass is 16.5. The van der Waals surface area contributed by atoms with Crippen LogP contribution in [0.1, 0.15) is 5.56 Å². The summed E-state index contributed by atoms with van der Waals surface area (Å²) in [5, 5.41) is 11.6. The maximum atomic E-state index is 12.7. The van der Waals surface area contributed by atoms with Crippen LogP contribution in [-0.4, -0.2) is 30.1 Å². The van der Waals surface area contributed by atoms with Crippen LogP contribution >= 0.6 is 0 Å². The Labute approximate surface area is 143 Å². The number of phenols is 1. The molecule has 0 atom stereocenters. The molecule has 25 heavy (non-hydrogen) atoms.